The third kappa shape index (κ3) is 4.48. The fourth-order valence-corrected chi connectivity index (χ4v) is 1.49. The smallest absolute Gasteiger partial charge is 0.223 e. The summed E-state index contributed by atoms with van der Waals surface area (Å²) in [5.41, 5.74) is 0. The lowest BCUT2D eigenvalue weighted by atomic mass is 10.0. The molecule has 1 rings (SSSR count). The van der Waals surface area contributed by atoms with Gasteiger partial charge in [0.15, 0.2) is 0 Å². The number of amides is 1. The minimum Gasteiger partial charge on any atom is -0.349 e. The highest BCUT2D eigenvalue weighted by molar-refractivity contribution is 5.85. The van der Waals surface area contributed by atoms with E-state index >= 15 is 0 Å². The summed E-state index contributed by atoms with van der Waals surface area (Å²) in [6.45, 7) is 1.07. The molecule has 0 bridgehead atoms. The number of carbonyl (C=O) groups is 1. The van der Waals surface area contributed by atoms with Crippen molar-refractivity contribution >= 4 is 18.3 Å². The highest BCUT2D eigenvalue weighted by atomic mass is 35.5. The summed E-state index contributed by atoms with van der Waals surface area (Å²) >= 11 is 0. The Morgan fingerprint density at radius 2 is 2.15 bits per heavy atom. The van der Waals surface area contributed by atoms with Gasteiger partial charge in [-0.2, -0.15) is 0 Å². The summed E-state index contributed by atoms with van der Waals surface area (Å²) < 4.78 is 0. The molecule has 0 aromatic rings. The van der Waals surface area contributed by atoms with Gasteiger partial charge in [0, 0.05) is 26.6 Å². The molecule has 1 atom stereocenters. The Hall–Kier alpha value is -0.280. The number of hydrogen-bond acceptors (Lipinski definition) is 2. The van der Waals surface area contributed by atoms with Crippen LogP contribution in [0.25, 0.3) is 0 Å². The number of halogens is 1. The van der Waals surface area contributed by atoms with Gasteiger partial charge in [-0.1, -0.05) is 6.42 Å². The molecule has 0 spiro atoms. The molecular formula is C9H19ClN2O. The van der Waals surface area contributed by atoms with Crippen molar-refractivity contribution in [1.82, 2.24) is 10.2 Å². The molecule has 0 aliphatic carbocycles. The molecule has 1 unspecified atom stereocenters. The average molecular weight is 207 g/mol. The van der Waals surface area contributed by atoms with Crippen LogP contribution in [0.2, 0.25) is 0 Å². The third-order valence-corrected chi connectivity index (χ3v) is 2.33. The Kier molecular flexibility index (Phi) is 6.08. The van der Waals surface area contributed by atoms with Crippen LogP contribution in [0.15, 0.2) is 0 Å². The SMILES string of the molecule is CN(C)C(=O)CC1CCCCN1.Cl. The summed E-state index contributed by atoms with van der Waals surface area (Å²) in [7, 11) is 3.62. The lowest BCUT2D eigenvalue weighted by Gasteiger charge is -2.24. The standard InChI is InChI=1S/C9H18N2O.ClH/c1-11(2)9(12)7-8-5-3-4-6-10-8;/h8,10H,3-7H2,1-2H3;1H. The predicted octanol–water partition coefficient (Wildman–Crippen LogP) is 1.03. The molecule has 1 aliphatic rings. The molecular weight excluding hydrogens is 188 g/mol. The number of nitrogens with zero attached hydrogens (tertiary/aromatic N) is 1. The van der Waals surface area contributed by atoms with Gasteiger partial charge < -0.3 is 10.2 Å². The van der Waals surface area contributed by atoms with Crippen LogP contribution in [-0.4, -0.2) is 37.5 Å². The number of nitrogens with one attached hydrogen (secondary N) is 1. The van der Waals surface area contributed by atoms with Gasteiger partial charge in [0.05, 0.1) is 0 Å². The van der Waals surface area contributed by atoms with E-state index in [1.54, 1.807) is 4.90 Å². The summed E-state index contributed by atoms with van der Waals surface area (Å²) in [5, 5.41) is 3.36. The van der Waals surface area contributed by atoms with Crippen LogP contribution in [0, 0.1) is 0 Å². The van der Waals surface area contributed by atoms with Gasteiger partial charge in [-0.3, -0.25) is 4.79 Å². The summed E-state index contributed by atoms with van der Waals surface area (Å²) in [6.07, 6.45) is 4.33. The normalized spacial score (nSPS) is 21.8. The first-order valence-corrected chi connectivity index (χ1v) is 4.63. The van der Waals surface area contributed by atoms with Crippen LogP contribution in [0.1, 0.15) is 25.7 Å². The molecule has 0 radical (unpaired) electrons. The van der Waals surface area contributed by atoms with Crippen molar-refractivity contribution in [1.29, 1.82) is 0 Å². The number of rotatable bonds is 2. The topological polar surface area (TPSA) is 32.3 Å². The molecule has 4 heteroatoms. The third-order valence-electron chi connectivity index (χ3n) is 2.33. The van der Waals surface area contributed by atoms with E-state index in [1.165, 1.54) is 12.8 Å². The van der Waals surface area contributed by atoms with Crippen molar-refractivity contribution in [2.45, 2.75) is 31.7 Å². The van der Waals surface area contributed by atoms with E-state index in [1.807, 2.05) is 14.1 Å². The second-order valence-corrected chi connectivity index (χ2v) is 3.64. The average Bonchev–Trinajstić information content (AvgIpc) is 2.06. The van der Waals surface area contributed by atoms with Crippen LogP contribution < -0.4 is 5.32 Å². The van der Waals surface area contributed by atoms with Gasteiger partial charge >= 0.3 is 0 Å². The van der Waals surface area contributed by atoms with E-state index in [4.69, 9.17) is 0 Å². The predicted molar refractivity (Wildman–Crippen MR) is 56.2 cm³/mol. The molecule has 0 aromatic carbocycles. The van der Waals surface area contributed by atoms with Crippen molar-refractivity contribution in [2.75, 3.05) is 20.6 Å². The van der Waals surface area contributed by atoms with Crippen molar-refractivity contribution in [3.05, 3.63) is 0 Å². The van der Waals surface area contributed by atoms with E-state index in [2.05, 4.69) is 5.32 Å². The maximum absolute atomic E-state index is 11.3. The van der Waals surface area contributed by atoms with E-state index in [9.17, 15) is 4.79 Å². The molecule has 13 heavy (non-hydrogen) atoms. The van der Waals surface area contributed by atoms with Crippen LogP contribution in [0.4, 0.5) is 0 Å². The highest BCUT2D eigenvalue weighted by Gasteiger charge is 2.16. The molecule has 0 saturated carbocycles. The summed E-state index contributed by atoms with van der Waals surface area (Å²) in [5.74, 6) is 0.231. The summed E-state index contributed by atoms with van der Waals surface area (Å²) in [4.78, 5) is 13.0. The van der Waals surface area contributed by atoms with Crippen molar-refractivity contribution in [3.63, 3.8) is 0 Å². The first-order chi connectivity index (χ1) is 5.70. The van der Waals surface area contributed by atoms with Crippen LogP contribution in [-0.2, 0) is 4.79 Å². The van der Waals surface area contributed by atoms with E-state index in [0.29, 0.717) is 12.5 Å². The maximum Gasteiger partial charge on any atom is 0.223 e. The number of carbonyl (C=O) groups excluding carboxylic acids is 1. The molecule has 78 valence electrons. The van der Waals surface area contributed by atoms with E-state index < -0.39 is 0 Å². The largest absolute Gasteiger partial charge is 0.349 e. The first kappa shape index (κ1) is 12.7. The first-order valence-electron chi connectivity index (χ1n) is 4.63. The molecule has 1 amide bonds. The van der Waals surface area contributed by atoms with Gasteiger partial charge in [-0.05, 0) is 19.4 Å². The Bertz CT molecular complexity index is 156. The lowest BCUT2D eigenvalue weighted by Crippen LogP contribution is -2.38. The zero-order valence-electron chi connectivity index (χ0n) is 8.38. The molecule has 3 nitrogen and oxygen atoms in total. The van der Waals surface area contributed by atoms with Crippen molar-refractivity contribution in [3.8, 4) is 0 Å². The Balaban J connectivity index is 0.00000144. The van der Waals surface area contributed by atoms with E-state index in [0.717, 1.165) is 13.0 Å². The summed E-state index contributed by atoms with van der Waals surface area (Å²) in [6, 6.07) is 0.425. The fraction of sp³-hybridized carbons (Fsp3) is 0.889. The van der Waals surface area contributed by atoms with Gasteiger partial charge in [-0.25, -0.2) is 0 Å². The van der Waals surface area contributed by atoms with E-state index in [-0.39, 0.29) is 18.3 Å². The van der Waals surface area contributed by atoms with Crippen molar-refractivity contribution in [2.24, 2.45) is 0 Å². The number of hydrogen-bond donors (Lipinski definition) is 1. The fourth-order valence-electron chi connectivity index (χ4n) is 1.49. The van der Waals surface area contributed by atoms with Gasteiger partial charge in [0.25, 0.3) is 0 Å². The minimum atomic E-state index is 0. The van der Waals surface area contributed by atoms with Gasteiger partial charge in [0.1, 0.15) is 0 Å². The van der Waals surface area contributed by atoms with Gasteiger partial charge in [-0.15, -0.1) is 12.4 Å². The van der Waals surface area contributed by atoms with Crippen molar-refractivity contribution < 1.29 is 4.79 Å². The second-order valence-electron chi connectivity index (χ2n) is 3.64. The van der Waals surface area contributed by atoms with Crippen LogP contribution in [0.3, 0.4) is 0 Å². The zero-order valence-corrected chi connectivity index (χ0v) is 9.19. The molecule has 1 saturated heterocycles. The van der Waals surface area contributed by atoms with Crippen LogP contribution in [0.5, 0.6) is 0 Å². The van der Waals surface area contributed by atoms with Gasteiger partial charge in [0.2, 0.25) is 5.91 Å². The Labute approximate surface area is 86.3 Å². The lowest BCUT2D eigenvalue weighted by molar-refractivity contribution is -0.129. The molecule has 1 N–H and O–H groups in total. The maximum atomic E-state index is 11.3. The molecule has 0 aromatic heterocycles. The molecule has 1 aliphatic heterocycles. The monoisotopic (exact) mass is 206 g/mol. The second kappa shape index (κ2) is 6.22. The Morgan fingerprint density at radius 1 is 1.46 bits per heavy atom. The van der Waals surface area contributed by atoms with Crippen LogP contribution >= 0.6 is 12.4 Å². The quantitative estimate of drug-likeness (QED) is 0.732. The number of piperidine rings is 1. The highest BCUT2D eigenvalue weighted by Crippen LogP contribution is 2.10. The molecule has 1 fully saturated rings. The zero-order chi connectivity index (χ0) is 8.97. The molecule has 1 heterocycles. The minimum absolute atomic E-state index is 0. The Morgan fingerprint density at radius 3 is 2.62 bits per heavy atom.